The molecule has 9 nitrogen and oxygen atoms in total. The number of likely N-dealkylation sites (tertiary alicyclic amines) is 1. The van der Waals surface area contributed by atoms with Gasteiger partial charge in [-0.05, 0) is 54.3 Å². The molecule has 0 aliphatic carbocycles. The fourth-order valence-electron chi connectivity index (χ4n) is 5.82. The van der Waals surface area contributed by atoms with Gasteiger partial charge in [0.2, 0.25) is 0 Å². The number of rotatable bonds is 9. The highest BCUT2D eigenvalue weighted by molar-refractivity contribution is 5.85. The summed E-state index contributed by atoms with van der Waals surface area (Å²) in [6, 6.07) is 24.8. The van der Waals surface area contributed by atoms with Crippen molar-refractivity contribution in [3.63, 3.8) is 0 Å². The average molecular weight is 570 g/mol. The molecule has 1 fully saturated rings. The van der Waals surface area contributed by atoms with Gasteiger partial charge in [0.15, 0.2) is 11.5 Å². The summed E-state index contributed by atoms with van der Waals surface area (Å²) in [7, 11) is 0. The van der Waals surface area contributed by atoms with E-state index >= 15 is 0 Å². The van der Waals surface area contributed by atoms with Crippen LogP contribution in [0.15, 0.2) is 83.7 Å². The summed E-state index contributed by atoms with van der Waals surface area (Å²) in [4.78, 5) is 28.9. The van der Waals surface area contributed by atoms with E-state index in [9.17, 15) is 14.7 Å². The Balaban J connectivity index is 1.08. The van der Waals surface area contributed by atoms with Gasteiger partial charge in [0.25, 0.3) is 5.56 Å². The normalized spacial score (nSPS) is 15.4. The lowest BCUT2D eigenvalue weighted by Crippen LogP contribution is -2.47. The van der Waals surface area contributed by atoms with E-state index in [0.29, 0.717) is 51.0 Å². The Morgan fingerprint density at radius 2 is 1.67 bits per heavy atom. The second-order valence-electron chi connectivity index (χ2n) is 10.7. The number of amides is 1. The highest BCUT2D eigenvalue weighted by Gasteiger charge is 2.28. The Morgan fingerprint density at radius 1 is 0.881 bits per heavy atom. The highest BCUT2D eigenvalue weighted by Crippen LogP contribution is 2.32. The molecule has 2 aliphatic rings. The first-order chi connectivity index (χ1) is 20.5. The van der Waals surface area contributed by atoms with Gasteiger partial charge >= 0.3 is 6.09 Å². The summed E-state index contributed by atoms with van der Waals surface area (Å²) in [5, 5.41) is 10.9. The second kappa shape index (κ2) is 12.6. The molecule has 6 rings (SSSR count). The minimum atomic E-state index is -0.920. The maximum atomic E-state index is 12.9. The molecule has 42 heavy (non-hydrogen) atoms. The topological polar surface area (TPSA) is 93.5 Å². The number of carboxylic acid groups (broad SMARTS) is 1. The van der Waals surface area contributed by atoms with Crippen molar-refractivity contribution in [1.82, 2.24) is 14.4 Å². The van der Waals surface area contributed by atoms with Crippen molar-refractivity contribution in [2.75, 3.05) is 32.8 Å². The molecule has 1 amide bonds. The molecule has 218 valence electrons. The van der Waals surface area contributed by atoms with Crippen molar-refractivity contribution in [3.05, 3.63) is 100 Å². The van der Waals surface area contributed by atoms with E-state index in [0.717, 1.165) is 53.7 Å². The molecule has 0 unspecified atom stereocenters. The summed E-state index contributed by atoms with van der Waals surface area (Å²) < 4.78 is 19.2. The quantitative estimate of drug-likeness (QED) is 0.303. The standard InChI is InChI=1S/C33H35N3O6/c37-32-12-10-27-28(7-4-8-29(27)42-23-24-5-2-1-3-6-24)35(32)18-17-34-15-13-26(14-16-34)36(33(38)39)22-25-9-11-30-31(21-25)41-20-19-40-30/h1-12,21,26H,13-20,22-23H2,(H,38,39). The number of hydrogen-bond acceptors (Lipinski definition) is 6. The van der Waals surface area contributed by atoms with E-state index < -0.39 is 6.09 Å². The first-order valence-corrected chi connectivity index (χ1v) is 14.4. The molecule has 1 N–H and O–H groups in total. The van der Waals surface area contributed by atoms with Crippen LogP contribution in [0.25, 0.3) is 10.9 Å². The van der Waals surface area contributed by atoms with E-state index in [-0.39, 0.29) is 11.6 Å². The fourth-order valence-corrected chi connectivity index (χ4v) is 5.82. The maximum absolute atomic E-state index is 12.9. The molecule has 0 spiro atoms. The van der Waals surface area contributed by atoms with Crippen molar-refractivity contribution in [3.8, 4) is 17.2 Å². The van der Waals surface area contributed by atoms with Crippen LogP contribution < -0.4 is 19.8 Å². The molecule has 1 aromatic heterocycles. The first-order valence-electron chi connectivity index (χ1n) is 14.4. The van der Waals surface area contributed by atoms with Crippen molar-refractivity contribution < 1.29 is 24.1 Å². The van der Waals surface area contributed by atoms with Crippen LogP contribution in [0.4, 0.5) is 4.79 Å². The van der Waals surface area contributed by atoms with Gasteiger partial charge in [-0.15, -0.1) is 0 Å². The number of hydrogen-bond donors (Lipinski definition) is 1. The van der Waals surface area contributed by atoms with E-state index in [1.54, 1.807) is 6.07 Å². The second-order valence-corrected chi connectivity index (χ2v) is 10.7. The molecule has 3 heterocycles. The Morgan fingerprint density at radius 3 is 2.45 bits per heavy atom. The number of fused-ring (bicyclic) bond motifs is 2. The number of carbonyl (C=O) groups is 1. The third kappa shape index (κ3) is 6.21. The van der Waals surface area contributed by atoms with Crippen molar-refractivity contribution >= 4 is 17.0 Å². The minimum Gasteiger partial charge on any atom is -0.488 e. The molecule has 0 atom stereocenters. The summed E-state index contributed by atoms with van der Waals surface area (Å²) in [6.07, 6.45) is 0.549. The van der Waals surface area contributed by atoms with E-state index in [1.165, 1.54) is 4.90 Å². The van der Waals surface area contributed by atoms with Crippen LogP contribution in [0.5, 0.6) is 17.2 Å². The van der Waals surface area contributed by atoms with Crippen LogP contribution in [0.2, 0.25) is 0 Å². The van der Waals surface area contributed by atoms with E-state index in [2.05, 4.69) is 4.90 Å². The van der Waals surface area contributed by atoms with Crippen LogP contribution in [-0.2, 0) is 19.7 Å². The van der Waals surface area contributed by atoms with Gasteiger partial charge in [0, 0.05) is 50.2 Å². The summed E-state index contributed by atoms with van der Waals surface area (Å²) in [5.74, 6) is 2.11. The highest BCUT2D eigenvalue weighted by atomic mass is 16.6. The fraction of sp³-hybridized carbons (Fsp3) is 0.333. The molecule has 0 radical (unpaired) electrons. The Bertz CT molecular complexity index is 1600. The van der Waals surface area contributed by atoms with Gasteiger partial charge in [-0.1, -0.05) is 42.5 Å². The molecule has 0 bridgehead atoms. The number of nitrogens with zero attached hydrogens (tertiary/aromatic N) is 3. The largest absolute Gasteiger partial charge is 0.488 e. The molecule has 3 aromatic carbocycles. The molecule has 2 aliphatic heterocycles. The SMILES string of the molecule is O=C(O)N(Cc1ccc2c(c1)OCCO2)C1CCN(CCn2c(=O)ccc3c(OCc4ccccc4)cccc32)CC1. The molecule has 9 heteroatoms. The van der Waals surface area contributed by atoms with Crippen LogP contribution in [0.3, 0.4) is 0 Å². The minimum absolute atomic E-state index is 0.0472. The predicted molar refractivity (Wildman–Crippen MR) is 159 cm³/mol. The lowest BCUT2D eigenvalue weighted by atomic mass is 10.0. The smallest absolute Gasteiger partial charge is 0.407 e. The van der Waals surface area contributed by atoms with Crippen molar-refractivity contribution in [2.45, 2.75) is 38.6 Å². The van der Waals surface area contributed by atoms with Crippen LogP contribution in [0.1, 0.15) is 24.0 Å². The van der Waals surface area contributed by atoms with E-state index in [1.807, 2.05) is 77.4 Å². The van der Waals surface area contributed by atoms with Gasteiger partial charge in [-0.25, -0.2) is 4.79 Å². The summed E-state index contributed by atoms with van der Waals surface area (Å²) >= 11 is 0. The third-order valence-corrected chi connectivity index (χ3v) is 8.07. The van der Waals surface area contributed by atoms with Gasteiger partial charge in [0.05, 0.1) is 5.52 Å². The predicted octanol–water partition coefficient (Wildman–Crippen LogP) is 5.00. The number of pyridine rings is 1. The molecule has 1 saturated heterocycles. The zero-order chi connectivity index (χ0) is 28.9. The van der Waals surface area contributed by atoms with Gasteiger partial charge in [-0.2, -0.15) is 0 Å². The maximum Gasteiger partial charge on any atom is 0.407 e. The van der Waals surface area contributed by atoms with Crippen LogP contribution in [0, 0.1) is 0 Å². The summed E-state index contributed by atoms with van der Waals surface area (Å²) in [6.45, 7) is 4.55. The number of piperidine rings is 1. The van der Waals surface area contributed by atoms with Crippen molar-refractivity contribution in [1.29, 1.82) is 0 Å². The van der Waals surface area contributed by atoms with E-state index in [4.69, 9.17) is 14.2 Å². The zero-order valence-electron chi connectivity index (χ0n) is 23.5. The lowest BCUT2D eigenvalue weighted by molar-refractivity contribution is 0.0856. The first kappa shape index (κ1) is 27.7. The third-order valence-electron chi connectivity index (χ3n) is 8.07. The molecule has 4 aromatic rings. The zero-order valence-corrected chi connectivity index (χ0v) is 23.5. The lowest BCUT2D eigenvalue weighted by Gasteiger charge is -2.37. The van der Waals surface area contributed by atoms with Gasteiger partial charge < -0.3 is 33.7 Å². The molecule has 0 saturated carbocycles. The Labute approximate surface area is 244 Å². The van der Waals surface area contributed by atoms with Gasteiger partial charge in [-0.3, -0.25) is 4.79 Å². The number of ether oxygens (including phenoxy) is 3. The van der Waals surface area contributed by atoms with Crippen molar-refractivity contribution in [2.24, 2.45) is 0 Å². The number of benzene rings is 3. The Hall–Kier alpha value is -4.50. The Kier molecular flexibility index (Phi) is 8.28. The number of aromatic nitrogens is 1. The summed E-state index contributed by atoms with van der Waals surface area (Å²) in [5.41, 5.74) is 2.76. The van der Waals surface area contributed by atoms with Crippen LogP contribution in [-0.4, -0.2) is 64.5 Å². The van der Waals surface area contributed by atoms with Crippen LogP contribution >= 0.6 is 0 Å². The average Bonchev–Trinajstić information content (AvgIpc) is 3.02. The van der Waals surface area contributed by atoms with Gasteiger partial charge in [0.1, 0.15) is 25.6 Å². The molecular formula is C33H35N3O6. The molecular weight excluding hydrogens is 534 g/mol. The monoisotopic (exact) mass is 569 g/mol.